The van der Waals surface area contributed by atoms with Crippen LogP contribution in [0.25, 0.3) is 0 Å². The first kappa shape index (κ1) is 9.72. The van der Waals surface area contributed by atoms with Crippen molar-refractivity contribution in [3.63, 3.8) is 0 Å². The number of nitrogens with two attached hydrogens (primary N) is 1. The summed E-state index contributed by atoms with van der Waals surface area (Å²) in [6.45, 7) is 2.49. The normalized spacial score (nSPS) is 30.2. The number of ketones is 1. The van der Waals surface area contributed by atoms with Crippen LogP contribution in [-0.4, -0.2) is 12.3 Å². The fraction of sp³-hybridized carbons (Fsp3) is 0.900. The Morgan fingerprint density at radius 1 is 1.42 bits per heavy atom. The first-order valence-corrected chi connectivity index (χ1v) is 4.92. The highest BCUT2D eigenvalue weighted by atomic mass is 16.1. The van der Waals surface area contributed by atoms with E-state index >= 15 is 0 Å². The third kappa shape index (κ3) is 2.94. The highest BCUT2D eigenvalue weighted by molar-refractivity contribution is 5.75. The molecule has 0 aliphatic heterocycles. The van der Waals surface area contributed by atoms with Crippen LogP contribution in [0.15, 0.2) is 0 Å². The molecule has 0 saturated heterocycles. The van der Waals surface area contributed by atoms with E-state index < -0.39 is 0 Å². The molecule has 12 heavy (non-hydrogen) atoms. The van der Waals surface area contributed by atoms with Gasteiger partial charge in [-0.25, -0.2) is 0 Å². The minimum absolute atomic E-state index is 0.331. The van der Waals surface area contributed by atoms with Crippen LogP contribution < -0.4 is 5.73 Å². The Bertz CT molecular complexity index is 156. The SMILES string of the molecule is CC(=O)C[C@@H]1CCC[C@@H](CN)C1. The third-order valence-electron chi connectivity index (χ3n) is 2.80. The molecule has 1 aliphatic rings. The maximum absolute atomic E-state index is 10.9. The Balaban J connectivity index is 2.30. The lowest BCUT2D eigenvalue weighted by atomic mass is 9.79. The van der Waals surface area contributed by atoms with E-state index in [-0.39, 0.29) is 0 Å². The largest absolute Gasteiger partial charge is 0.330 e. The molecule has 0 amide bonds. The third-order valence-corrected chi connectivity index (χ3v) is 2.80. The van der Waals surface area contributed by atoms with E-state index in [4.69, 9.17) is 5.73 Å². The molecule has 0 unspecified atom stereocenters. The minimum Gasteiger partial charge on any atom is -0.330 e. The molecule has 0 bridgehead atoms. The molecule has 0 aromatic heterocycles. The summed E-state index contributed by atoms with van der Waals surface area (Å²) in [5, 5.41) is 0. The van der Waals surface area contributed by atoms with Crippen molar-refractivity contribution in [1.82, 2.24) is 0 Å². The lowest BCUT2D eigenvalue weighted by Crippen LogP contribution is -2.23. The van der Waals surface area contributed by atoms with Gasteiger partial charge in [0.1, 0.15) is 5.78 Å². The smallest absolute Gasteiger partial charge is 0.130 e. The number of rotatable bonds is 3. The van der Waals surface area contributed by atoms with E-state index in [1.807, 2.05) is 0 Å². The van der Waals surface area contributed by atoms with Crippen LogP contribution in [0.3, 0.4) is 0 Å². The summed E-state index contributed by atoms with van der Waals surface area (Å²) in [4.78, 5) is 10.9. The molecule has 0 heterocycles. The van der Waals surface area contributed by atoms with Gasteiger partial charge in [0.25, 0.3) is 0 Å². The summed E-state index contributed by atoms with van der Waals surface area (Å²) in [7, 11) is 0. The van der Waals surface area contributed by atoms with Crippen LogP contribution in [0.4, 0.5) is 0 Å². The fourth-order valence-corrected chi connectivity index (χ4v) is 2.21. The van der Waals surface area contributed by atoms with Gasteiger partial charge in [-0.2, -0.15) is 0 Å². The van der Waals surface area contributed by atoms with Gasteiger partial charge in [-0.05, 0) is 38.1 Å². The Morgan fingerprint density at radius 2 is 2.08 bits per heavy atom. The molecule has 1 rings (SSSR count). The highest BCUT2D eigenvalue weighted by Crippen LogP contribution is 2.30. The van der Waals surface area contributed by atoms with Crippen molar-refractivity contribution in [2.45, 2.75) is 39.0 Å². The quantitative estimate of drug-likeness (QED) is 0.699. The van der Waals surface area contributed by atoms with E-state index in [2.05, 4.69) is 0 Å². The second kappa shape index (κ2) is 4.61. The Kier molecular flexibility index (Phi) is 3.73. The Labute approximate surface area is 74.5 Å². The van der Waals surface area contributed by atoms with Gasteiger partial charge >= 0.3 is 0 Å². The minimum atomic E-state index is 0.331. The summed E-state index contributed by atoms with van der Waals surface area (Å²) in [5.74, 6) is 1.64. The molecule has 1 saturated carbocycles. The van der Waals surface area contributed by atoms with Gasteiger partial charge in [-0.15, -0.1) is 0 Å². The van der Waals surface area contributed by atoms with Crippen molar-refractivity contribution in [1.29, 1.82) is 0 Å². The highest BCUT2D eigenvalue weighted by Gasteiger charge is 2.21. The second-order valence-electron chi connectivity index (χ2n) is 4.04. The fourth-order valence-electron chi connectivity index (χ4n) is 2.21. The molecule has 1 aliphatic carbocycles. The van der Waals surface area contributed by atoms with Crippen LogP contribution in [0.5, 0.6) is 0 Å². The molecule has 0 aromatic rings. The number of carbonyl (C=O) groups excluding carboxylic acids is 1. The van der Waals surface area contributed by atoms with Gasteiger partial charge in [-0.1, -0.05) is 12.8 Å². The second-order valence-corrected chi connectivity index (χ2v) is 4.04. The van der Waals surface area contributed by atoms with Crippen molar-refractivity contribution in [3.05, 3.63) is 0 Å². The average molecular weight is 169 g/mol. The van der Waals surface area contributed by atoms with Crippen LogP contribution in [0.2, 0.25) is 0 Å². The van der Waals surface area contributed by atoms with Gasteiger partial charge in [0.15, 0.2) is 0 Å². The summed E-state index contributed by atoms with van der Waals surface area (Å²) in [5.41, 5.74) is 5.61. The van der Waals surface area contributed by atoms with E-state index in [1.165, 1.54) is 25.7 Å². The average Bonchev–Trinajstić information content (AvgIpc) is 2.03. The summed E-state index contributed by atoms with van der Waals surface area (Å²) in [6.07, 6.45) is 5.72. The maximum atomic E-state index is 10.9. The molecule has 2 heteroatoms. The van der Waals surface area contributed by atoms with Crippen LogP contribution >= 0.6 is 0 Å². The molecule has 0 spiro atoms. The molecule has 2 nitrogen and oxygen atoms in total. The summed E-state index contributed by atoms with van der Waals surface area (Å²) >= 11 is 0. The monoisotopic (exact) mass is 169 g/mol. The summed E-state index contributed by atoms with van der Waals surface area (Å²) in [6, 6.07) is 0. The van der Waals surface area contributed by atoms with Crippen molar-refractivity contribution in [3.8, 4) is 0 Å². The topological polar surface area (TPSA) is 43.1 Å². The zero-order chi connectivity index (χ0) is 8.97. The van der Waals surface area contributed by atoms with Gasteiger partial charge in [0.05, 0.1) is 0 Å². The molecular weight excluding hydrogens is 150 g/mol. The standard InChI is InChI=1S/C10H19NO/c1-8(12)5-9-3-2-4-10(6-9)7-11/h9-10H,2-7,11H2,1H3/t9-,10+/m0/s1. The Hall–Kier alpha value is -0.370. The van der Waals surface area contributed by atoms with Gasteiger partial charge in [-0.3, -0.25) is 0 Å². The van der Waals surface area contributed by atoms with Crippen molar-refractivity contribution < 1.29 is 4.79 Å². The first-order valence-electron chi connectivity index (χ1n) is 4.92. The van der Waals surface area contributed by atoms with Crippen molar-refractivity contribution in [2.24, 2.45) is 17.6 Å². The van der Waals surface area contributed by atoms with E-state index in [0.29, 0.717) is 17.6 Å². The lowest BCUT2D eigenvalue weighted by molar-refractivity contribution is -0.118. The van der Waals surface area contributed by atoms with E-state index in [0.717, 1.165) is 13.0 Å². The molecule has 70 valence electrons. The number of Topliss-reactive ketones (excluding diaryl/α,β-unsaturated/α-hetero) is 1. The van der Waals surface area contributed by atoms with E-state index in [1.54, 1.807) is 6.92 Å². The molecule has 2 N–H and O–H groups in total. The zero-order valence-corrected chi connectivity index (χ0v) is 7.88. The molecule has 2 atom stereocenters. The molecule has 0 radical (unpaired) electrons. The molecule has 1 fully saturated rings. The maximum Gasteiger partial charge on any atom is 0.130 e. The summed E-state index contributed by atoms with van der Waals surface area (Å²) < 4.78 is 0. The van der Waals surface area contributed by atoms with E-state index in [9.17, 15) is 4.79 Å². The van der Waals surface area contributed by atoms with Gasteiger partial charge in [0.2, 0.25) is 0 Å². The Morgan fingerprint density at radius 3 is 2.67 bits per heavy atom. The zero-order valence-electron chi connectivity index (χ0n) is 7.88. The van der Waals surface area contributed by atoms with Gasteiger partial charge < -0.3 is 10.5 Å². The number of hydrogen-bond donors (Lipinski definition) is 1. The van der Waals surface area contributed by atoms with Crippen molar-refractivity contribution >= 4 is 5.78 Å². The van der Waals surface area contributed by atoms with Gasteiger partial charge in [0, 0.05) is 6.42 Å². The first-order chi connectivity index (χ1) is 5.72. The molecule has 0 aromatic carbocycles. The van der Waals surface area contributed by atoms with Crippen LogP contribution in [0.1, 0.15) is 39.0 Å². The number of hydrogen-bond acceptors (Lipinski definition) is 2. The lowest BCUT2D eigenvalue weighted by Gasteiger charge is -2.27. The predicted molar refractivity (Wildman–Crippen MR) is 49.8 cm³/mol. The number of carbonyl (C=O) groups is 1. The van der Waals surface area contributed by atoms with Crippen molar-refractivity contribution in [2.75, 3.05) is 6.54 Å². The van der Waals surface area contributed by atoms with Crippen LogP contribution in [0, 0.1) is 11.8 Å². The van der Waals surface area contributed by atoms with Crippen LogP contribution in [-0.2, 0) is 4.79 Å². The molecular formula is C10H19NO. The predicted octanol–water partition coefficient (Wildman–Crippen LogP) is 1.73.